The van der Waals surface area contributed by atoms with Gasteiger partial charge < -0.3 is 15.4 Å². The molecule has 1 aliphatic rings. The summed E-state index contributed by atoms with van der Waals surface area (Å²) in [7, 11) is 1.73. The van der Waals surface area contributed by atoms with E-state index >= 15 is 0 Å². The summed E-state index contributed by atoms with van der Waals surface area (Å²) in [5.74, 6) is 0.808. The van der Waals surface area contributed by atoms with Crippen molar-refractivity contribution in [2.45, 2.75) is 19.4 Å². The van der Waals surface area contributed by atoms with Crippen LogP contribution in [0.5, 0.6) is 0 Å². The molecule has 4 heteroatoms. The van der Waals surface area contributed by atoms with Crippen molar-refractivity contribution >= 4 is 18.1 Å². The molecular weight excluding hydrogens is 248 g/mol. The van der Waals surface area contributed by atoms with E-state index in [-0.39, 0.29) is 12.4 Å². The van der Waals surface area contributed by atoms with E-state index in [1.807, 2.05) is 0 Å². The molecule has 0 radical (unpaired) electrons. The van der Waals surface area contributed by atoms with Crippen molar-refractivity contribution in [3.63, 3.8) is 0 Å². The van der Waals surface area contributed by atoms with Crippen molar-refractivity contribution < 1.29 is 4.74 Å². The highest BCUT2D eigenvalue weighted by Gasteiger charge is 2.12. The Morgan fingerprint density at radius 1 is 1.33 bits per heavy atom. The van der Waals surface area contributed by atoms with E-state index in [9.17, 15) is 0 Å². The molecule has 0 bridgehead atoms. The first kappa shape index (κ1) is 15.3. The van der Waals surface area contributed by atoms with Crippen molar-refractivity contribution in [2.75, 3.05) is 32.1 Å². The van der Waals surface area contributed by atoms with Gasteiger partial charge in [-0.15, -0.1) is 12.4 Å². The minimum atomic E-state index is 0. The normalized spacial score (nSPS) is 16.1. The Kier molecular flexibility index (Phi) is 7.09. The van der Waals surface area contributed by atoms with Gasteiger partial charge in [-0.2, -0.15) is 0 Å². The van der Waals surface area contributed by atoms with Crippen molar-refractivity contribution in [3.05, 3.63) is 29.8 Å². The van der Waals surface area contributed by atoms with E-state index in [4.69, 9.17) is 4.74 Å². The maximum absolute atomic E-state index is 5.14. The lowest BCUT2D eigenvalue weighted by molar-refractivity contribution is 0.185. The summed E-state index contributed by atoms with van der Waals surface area (Å²) in [5.41, 5.74) is 2.43. The summed E-state index contributed by atoms with van der Waals surface area (Å²) < 4.78 is 5.14. The fourth-order valence-electron chi connectivity index (χ4n) is 2.29. The lowest BCUT2D eigenvalue weighted by Gasteiger charge is -2.23. The van der Waals surface area contributed by atoms with E-state index in [0.29, 0.717) is 6.61 Å². The molecule has 0 aliphatic carbocycles. The number of anilines is 1. The van der Waals surface area contributed by atoms with Crippen LogP contribution in [0.2, 0.25) is 0 Å². The lowest BCUT2D eigenvalue weighted by atomic mass is 9.98. The van der Waals surface area contributed by atoms with E-state index in [0.717, 1.165) is 25.6 Å². The molecule has 1 saturated heterocycles. The molecule has 1 aromatic rings. The average Bonchev–Trinajstić information content (AvgIpc) is 2.39. The van der Waals surface area contributed by atoms with Gasteiger partial charge in [0.2, 0.25) is 0 Å². The van der Waals surface area contributed by atoms with Gasteiger partial charge in [-0.1, -0.05) is 12.1 Å². The highest BCUT2D eigenvalue weighted by atomic mass is 35.5. The lowest BCUT2D eigenvalue weighted by Crippen LogP contribution is -2.31. The van der Waals surface area contributed by atoms with Crippen LogP contribution in [0.1, 0.15) is 18.4 Å². The van der Waals surface area contributed by atoms with Gasteiger partial charge >= 0.3 is 0 Å². The molecule has 3 nitrogen and oxygen atoms in total. The molecule has 0 amide bonds. The van der Waals surface area contributed by atoms with Gasteiger partial charge in [0.15, 0.2) is 0 Å². The number of benzene rings is 1. The number of ether oxygens (including phenoxy) is 1. The molecule has 1 aliphatic heterocycles. The highest BCUT2D eigenvalue weighted by molar-refractivity contribution is 5.85. The van der Waals surface area contributed by atoms with Gasteiger partial charge in [0.1, 0.15) is 0 Å². The predicted octanol–water partition coefficient (Wildman–Crippen LogP) is 2.67. The maximum atomic E-state index is 5.14. The molecule has 2 N–H and O–H groups in total. The molecule has 2 rings (SSSR count). The number of halogens is 1. The minimum Gasteiger partial charge on any atom is -0.385 e. The maximum Gasteiger partial charge on any atom is 0.0713 e. The summed E-state index contributed by atoms with van der Waals surface area (Å²) in [6.07, 6.45) is 2.57. The summed E-state index contributed by atoms with van der Waals surface area (Å²) >= 11 is 0. The Morgan fingerprint density at radius 3 is 2.83 bits per heavy atom. The first-order chi connectivity index (χ1) is 8.38. The number of rotatable bonds is 5. The standard InChI is InChI=1S/C14H22N2O.ClH/c1-17-11-13-3-2-4-14(9-13)16-10-12-5-7-15-8-6-12;/h2-4,9,12,15-16H,5-8,10-11H2,1H3;1H. The van der Waals surface area contributed by atoms with Crippen LogP contribution in [0, 0.1) is 5.92 Å². The van der Waals surface area contributed by atoms with Crippen molar-refractivity contribution in [2.24, 2.45) is 5.92 Å². The second-order valence-electron chi connectivity index (χ2n) is 4.71. The smallest absolute Gasteiger partial charge is 0.0713 e. The highest BCUT2D eigenvalue weighted by Crippen LogP contribution is 2.15. The van der Waals surface area contributed by atoms with Gasteiger partial charge in [0, 0.05) is 19.3 Å². The number of hydrogen-bond acceptors (Lipinski definition) is 3. The van der Waals surface area contributed by atoms with Crippen LogP contribution < -0.4 is 10.6 Å². The van der Waals surface area contributed by atoms with Crippen LogP contribution in [0.25, 0.3) is 0 Å². The predicted molar refractivity (Wildman–Crippen MR) is 78.5 cm³/mol. The number of piperidine rings is 1. The fourth-order valence-corrected chi connectivity index (χ4v) is 2.29. The quantitative estimate of drug-likeness (QED) is 0.863. The third kappa shape index (κ3) is 4.84. The molecule has 1 fully saturated rings. The number of nitrogens with one attached hydrogen (secondary N) is 2. The van der Waals surface area contributed by atoms with Gasteiger partial charge in [0.25, 0.3) is 0 Å². The number of hydrogen-bond donors (Lipinski definition) is 2. The molecule has 1 aromatic carbocycles. The van der Waals surface area contributed by atoms with E-state index in [1.165, 1.54) is 24.1 Å². The topological polar surface area (TPSA) is 33.3 Å². The van der Waals surface area contributed by atoms with Gasteiger partial charge in [-0.3, -0.25) is 0 Å². The average molecular weight is 271 g/mol. The second-order valence-corrected chi connectivity index (χ2v) is 4.71. The zero-order valence-electron chi connectivity index (χ0n) is 10.9. The van der Waals surface area contributed by atoms with Crippen molar-refractivity contribution in [1.82, 2.24) is 5.32 Å². The second kappa shape index (κ2) is 8.35. The third-order valence-electron chi connectivity index (χ3n) is 3.29. The Morgan fingerprint density at radius 2 is 2.11 bits per heavy atom. The van der Waals surface area contributed by atoms with Crippen LogP contribution >= 0.6 is 12.4 Å². The van der Waals surface area contributed by atoms with Crippen LogP contribution in [0.15, 0.2) is 24.3 Å². The molecule has 0 atom stereocenters. The molecule has 1 heterocycles. The van der Waals surface area contributed by atoms with Crippen LogP contribution in [-0.2, 0) is 11.3 Å². The molecule has 0 saturated carbocycles. The van der Waals surface area contributed by atoms with Crippen molar-refractivity contribution in [3.8, 4) is 0 Å². The largest absolute Gasteiger partial charge is 0.385 e. The third-order valence-corrected chi connectivity index (χ3v) is 3.29. The summed E-state index contributed by atoms with van der Waals surface area (Å²) in [6.45, 7) is 4.09. The molecule has 102 valence electrons. The Bertz CT molecular complexity index is 340. The fraction of sp³-hybridized carbons (Fsp3) is 0.571. The van der Waals surface area contributed by atoms with Crippen LogP contribution in [0.3, 0.4) is 0 Å². The summed E-state index contributed by atoms with van der Waals surface area (Å²) in [6, 6.07) is 8.48. The van der Waals surface area contributed by atoms with E-state index < -0.39 is 0 Å². The van der Waals surface area contributed by atoms with Crippen LogP contribution in [-0.4, -0.2) is 26.7 Å². The van der Waals surface area contributed by atoms with Gasteiger partial charge in [-0.25, -0.2) is 0 Å². The summed E-state index contributed by atoms with van der Waals surface area (Å²) in [5, 5.41) is 6.92. The van der Waals surface area contributed by atoms with Gasteiger partial charge in [0.05, 0.1) is 6.61 Å². The van der Waals surface area contributed by atoms with E-state index in [2.05, 4.69) is 34.9 Å². The first-order valence-corrected chi connectivity index (χ1v) is 6.41. The molecular formula is C14H23ClN2O. The number of methoxy groups -OCH3 is 1. The zero-order chi connectivity index (χ0) is 11.9. The molecule has 0 aromatic heterocycles. The monoisotopic (exact) mass is 270 g/mol. The van der Waals surface area contributed by atoms with E-state index in [1.54, 1.807) is 7.11 Å². The van der Waals surface area contributed by atoms with Crippen LogP contribution in [0.4, 0.5) is 5.69 Å². The molecule has 0 spiro atoms. The minimum absolute atomic E-state index is 0. The zero-order valence-corrected chi connectivity index (χ0v) is 11.8. The Balaban J connectivity index is 0.00000162. The molecule has 18 heavy (non-hydrogen) atoms. The Labute approximate surface area is 116 Å². The molecule has 0 unspecified atom stereocenters. The van der Waals surface area contributed by atoms with Gasteiger partial charge in [-0.05, 0) is 49.5 Å². The Hall–Kier alpha value is -0.770. The SMILES string of the molecule is COCc1cccc(NCC2CCNCC2)c1.Cl. The van der Waals surface area contributed by atoms with Crippen molar-refractivity contribution in [1.29, 1.82) is 0 Å². The summed E-state index contributed by atoms with van der Waals surface area (Å²) in [4.78, 5) is 0. The first-order valence-electron chi connectivity index (χ1n) is 6.41.